The highest BCUT2D eigenvalue weighted by atomic mass is 35.5. The summed E-state index contributed by atoms with van der Waals surface area (Å²) in [5.41, 5.74) is 5.50. The van der Waals surface area contributed by atoms with Crippen LogP contribution in [0.15, 0.2) is 12.3 Å². The van der Waals surface area contributed by atoms with E-state index < -0.39 is 11.7 Å². The van der Waals surface area contributed by atoms with Gasteiger partial charge in [-0.1, -0.05) is 11.6 Å². The van der Waals surface area contributed by atoms with E-state index in [2.05, 4.69) is 4.98 Å². The van der Waals surface area contributed by atoms with Gasteiger partial charge in [0, 0.05) is 18.7 Å². The van der Waals surface area contributed by atoms with Gasteiger partial charge >= 0.3 is 6.18 Å². The molecule has 94 valence electrons. The zero-order valence-corrected chi connectivity index (χ0v) is 9.72. The minimum atomic E-state index is -4.41. The van der Waals surface area contributed by atoms with Crippen molar-refractivity contribution in [1.29, 1.82) is 0 Å². The molecule has 1 aliphatic rings. The van der Waals surface area contributed by atoms with E-state index >= 15 is 0 Å². The number of nitrogens with two attached hydrogens (primary N) is 1. The molecular weight excluding hydrogens is 253 g/mol. The Hall–Kier alpha value is -0.810. The van der Waals surface area contributed by atoms with Crippen LogP contribution in [-0.4, -0.2) is 11.0 Å². The van der Waals surface area contributed by atoms with Gasteiger partial charge in [0.05, 0.1) is 16.3 Å². The number of pyridine rings is 1. The zero-order chi connectivity index (χ0) is 12.6. The highest BCUT2D eigenvalue weighted by Gasteiger charge is 2.32. The van der Waals surface area contributed by atoms with Crippen molar-refractivity contribution in [3.8, 4) is 0 Å². The molecule has 6 heteroatoms. The minimum Gasteiger partial charge on any atom is -0.327 e. The molecule has 0 saturated heterocycles. The van der Waals surface area contributed by atoms with Gasteiger partial charge in [-0.15, -0.1) is 0 Å². The van der Waals surface area contributed by atoms with E-state index in [-0.39, 0.29) is 11.1 Å². The van der Waals surface area contributed by atoms with Crippen LogP contribution in [0.5, 0.6) is 0 Å². The Kier molecular flexibility index (Phi) is 3.32. The van der Waals surface area contributed by atoms with Gasteiger partial charge < -0.3 is 5.73 Å². The normalized spacial score (nSPS) is 18.2. The summed E-state index contributed by atoms with van der Waals surface area (Å²) >= 11 is 5.79. The second-order valence-electron chi connectivity index (χ2n) is 4.36. The molecule has 1 aromatic rings. The Morgan fingerprint density at radius 3 is 2.59 bits per heavy atom. The second kappa shape index (κ2) is 4.46. The van der Waals surface area contributed by atoms with E-state index in [1.54, 1.807) is 0 Å². The third-order valence-electron chi connectivity index (χ3n) is 2.90. The number of rotatable bonds is 3. The third kappa shape index (κ3) is 3.10. The molecule has 1 aliphatic carbocycles. The lowest BCUT2D eigenvalue weighted by Gasteiger charge is -2.12. The number of aromatic nitrogens is 1. The van der Waals surface area contributed by atoms with Gasteiger partial charge in [-0.2, -0.15) is 13.2 Å². The summed E-state index contributed by atoms with van der Waals surface area (Å²) in [6, 6.07) is 0.848. The van der Waals surface area contributed by atoms with E-state index in [0.717, 1.165) is 25.1 Å². The fraction of sp³-hybridized carbons (Fsp3) is 0.545. The lowest BCUT2D eigenvalue weighted by molar-refractivity contribution is -0.137. The minimum absolute atomic E-state index is 0.0379. The Bertz CT molecular complexity index is 416. The van der Waals surface area contributed by atoms with Gasteiger partial charge in [-0.05, 0) is 24.8 Å². The first-order chi connectivity index (χ1) is 7.88. The van der Waals surface area contributed by atoms with Crippen molar-refractivity contribution < 1.29 is 13.2 Å². The van der Waals surface area contributed by atoms with E-state index in [9.17, 15) is 13.2 Å². The monoisotopic (exact) mass is 264 g/mol. The van der Waals surface area contributed by atoms with Crippen molar-refractivity contribution in [2.75, 3.05) is 0 Å². The molecule has 0 bridgehead atoms. The summed E-state index contributed by atoms with van der Waals surface area (Å²) in [5, 5.41) is 0.0379. The van der Waals surface area contributed by atoms with Gasteiger partial charge in [-0.25, -0.2) is 0 Å². The maximum Gasteiger partial charge on any atom is 0.417 e. The molecule has 0 aliphatic heterocycles. The Labute approximate surface area is 102 Å². The predicted octanol–water partition coefficient (Wildman–Crippen LogP) is 3.03. The van der Waals surface area contributed by atoms with Crippen molar-refractivity contribution >= 4 is 11.6 Å². The molecule has 2 rings (SSSR count). The molecule has 1 unspecified atom stereocenters. The number of hydrogen-bond donors (Lipinski definition) is 1. The summed E-state index contributed by atoms with van der Waals surface area (Å²) in [6.07, 6.45) is -1.00. The molecule has 2 N–H and O–H groups in total. The van der Waals surface area contributed by atoms with Crippen molar-refractivity contribution in [2.45, 2.75) is 31.5 Å². The van der Waals surface area contributed by atoms with E-state index in [1.165, 1.54) is 0 Å². The lowest BCUT2D eigenvalue weighted by Crippen LogP contribution is -2.25. The Morgan fingerprint density at radius 2 is 2.12 bits per heavy atom. The van der Waals surface area contributed by atoms with E-state index in [4.69, 9.17) is 17.3 Å². The molecular formula is C11H12ClF3N2. The maximum atomic E-state index is 12.4. The zero-order valence-electron chi connectivity index (χ0n) is 8.97. The average molecular weight is 265 g/mol. The number of halogens is 4. The van der Waals surface area contributed by atoms with Gasteiger partial charge in [-0.3, -0.25) is 4.98 Å². The SMILES string of the molecule is NC(Cc1ncc(C(F)(F)F)cc1Cl)C1CC1. The fourth-order valence-electron chi connectivity index (χ4n) is 1.69. The Morgan fingerprint density at radius 1 is 1.47 bits per heavy atom. The molecule has 0 amide bonds. The van der Waals surface area contributed by atoms with Crippen molar-refractivity contribution in [3.63, 3.8) is 0 Å². The quantitative estimate of drug-likeness (QED) is 0.911. The van der Waals surface area contributed by atoms with Gasteiger partial charge in [0.2, 0.25) is 0 Å². The predicted molar refractivity (Wildman–Crippen MR) is 58.7 cm³/mol. The van der Waals surface area contributed by atoms with Crippen LogP contribution in [0.25, 0.3) is 0 Å². The highest BCUT2D eigenvalue weighted by molar-refractivity contribution is 6.31. The largest absolute Gasteiger partial charge is 0.417 e. The number of alkyl halides is 3. The standard InChI is InChI=1S/C11H12ClF3N2/c12-8-3-7(11(13,14)15)5-17-10(8)4-9(16)6-1-2-6/h3,5-6,9H,1-2,4,16H2. The summed E-state index contributed by atoms with van der Waals surface area (Å²) in [6.45, 7) is 0. The van der Waals surface area contributed by atoms with Crippen LogP contribution in [0.4, 0.5) is 13.2 Å². The maximum absolute atomic E-state index is 12.4. The molecule has 1 fully saturated rings. The van der Waals surface area contributed by atoms with Crippen LogP contribution < -0.4 is 5.73 Å². The summed E-state index contributed by atoms with van der Waals surface area (Å²) in [4.78, 5) is 3.76. The number of nitrogens with zero attached hydrogens (tertiary/aromatic N) is 1. The molecule has 1 saturated carbocycles. The average Bonchev–Trinajstić information content (AvgIpc) is 3.02. The third-order valence-corrected chi connectivity index (χ3v) is 3.23. The first-order valence-corrected chi connectivity index (χ1v) is 5.73. The molecule has 1 aromatic heterocycles. The first-order valence-electron chi connectivity index (χ1n) is 5.35. The van der Waals surface area contributed by atoms with Crippen LogP contribution >= 0.6 is 11.6 Å². The molecule has 0 spiro atoms. The fourth-order valence-corrected chi connectivity index (χ4v) is 1.93. The molecule has 0 radical (unpaired) electrons. The van der Waals surface area contributed by atoms with Gasteiger partial charge in [0.25, 0.3) is 0 Å². The van der Waals surface area contributed by atoms with Crippen LogP contribution in [0, 0.1) is 5.92 Å². The first kappa shape index (κ1) is 12.6. The van der Waals surface area contributed by atoms with E-state index in [1.807, 2.05) is 0 Å². The van der Waals surface area contributed by atoms with Crippen molar-refractivity contribution in [2.24, 2.45) is 11.7 Å². The Balaban J connectivity index is 2.13. The summed E-state index contributed by atoms with van der Waals surface area (Å²) in [5.74, 6) is 0.468. The van der Waals surface area contributed by atoms with Crippen molar-refractivity contribution in [3.05, 3.63) is 28.5 Å². The summed E-state index contributed by atoms with van der Waals surface area (Å²) < 4.78 is 37.1. The lowest BCUT2D eigenvalue weighted by atomic mass is 10.1. The van der Waals surface area contributed by atoms with E-state index in [0.29, 0.717) is 18.0 Å². The molecule has 0 aromatic carbocycles. The second-order valence-corrected chi connectivity index (χ2v) is 4.76. The van der Waals surface area contributed by atoms with Crippen LogP contribution in [-0.2, 0) is 12.6 Å². The van der Waals surface area contributed by atoms with Crippen LogP contribution in [0.2, 0.25) is 5.02 Å². The van der Waals surface area contributed by atoms with Gasteiger partial charge in [0.1, 0.15) is 0 Å². The smallest absolute Gasteiger partial charge is 0.327 e. The molecule has 17 heavy (non-hydrogen) atoms. The molecule has 2 nitrogen and oxygen atoms in total. The topological polar surface area (TPSA) is 38.9 Å². The van der Waals surface area contributed by atoms with Crippen molar-refractivity contribution in [1.82, 2.24) is 4.98 Å². The summed E-state index contributed by atoms with van der Waals surface area (Å²) in [7, 11) is 0. The number of hydrogen-bond acceptors (Lipinski definition) is 2. The van der Waals surface area contributed by atoms with Crippen LogP contribution in [0.3, 0.4) is 0 Å². The molecule has 1 heterocycles. The van der Waals surface area contributed by atoms with Gasteiger partial charge in [0.15, 0.2) is 0 Å². The molecule has 1 atom stereocenters. The highest BCUT2D eigenvalue weighted by Crippen LogP contribution is 2.34. The van der Waals surface area contributed by atoms with Crippen LogP contribution in [0.1, 0.15) is 24.1 Å².